The smallest absolute Gasteiger partial charge is 0.252 e. The Bertz CT molecular complexity index is 833. The van der Waals surface area contributed by atoms with Gasteiger partial charge in [0.05, 0.1) is 6.20 Å². The van der Waals surface area contributed by atoms with Crippen LogP contribution in [0.15, 0.2) is 30.7 Å². The first-order chi connectivity index (χ1) is 12.8. The topological polar surface area (TPSA) is 65.1 Å². The molecule has 0 spiro atoms. The van der Waals surface area contributed by atoms with Crippen molar-refractivity contribution in [3.05, 3.63) is 41.1 Å². The van der Waals surface area contributed by atoms with E-state index in [4.69, 9.17) is 11.6 Å². The van der Waals surface area contributed by atoms with Gasteiger partial charge in [0.1, 0.15) is 11.4 Å². The van der Waals surface area contributed by atoms with E-state index >= 15 is 0 Å². The summed E-state index contributed by atoms with van der Waals surface area (Å²) in [5, 5.41) is 15.7. The van der Waals surface area contributed by atoms with Gasteiger partial charge in [0, 0.05) is 42.9 Å². The van der Waals surface area contributed by atoms with Crippen molar-refractivity contribution in [3.8, 4) is 5.69 Å². The maximum absolute atomic E-state index is 12.9. The minimum Gasteiger partial charge on any atom is -0.619 e. The number of hydrogen-bond acceptors (Lipinski definition) is 4. The number of amides is 1. The minimum absolute atomic E-state index is 0.0489. The Balaban J connectivity index is 1.61. The zero-order valence-electron chi connectivity index (χ0n) is 14.6. The van der Waals surface area contributed by atoms with Crippen molar-refractivity contribution < 1.29 is 18.3 Å². The van der Waals surface area contributed by atoms with Gasteiger partial charge in [-0.25, -0.2) is 13.5 Å². The van der Waals surface area contributed by atoms with Gasteiger partial charge in [0.15, 0.2) is 11.3 Å². The summed E-state index contributed by atoms with van der Waals surface area (Å²) in [5.41, 5.74) is 0.967. The summed E-state index contributed by atoms with van der Waals surface area (Å²) in [4.78, 5) is 14.0. The number of alkyl halides is 2. The van der Waals surface area contributed by atoms with Crippen molar-refractivity contribution in [3.63, 3.8) is 0 Å². The molecule has 0 radical (unpaired) electrons. The van der Waals surface area contributed by atoms with Crippen LogP contribution in [0.25, 0.3) is 5.69 Å². The van der Waals surface area contributed by atoms with E-state index in [0.717, 1.165) is 0 Å². The van der Waals surface area contributed by atoms with Gasteiger partial charge >= 0.3 is 0 Å². The lowest BCUT2D eigenvalue weighted by atomic mass is 10.3. The van der Waals surface area contributed by atoms with E-state index in [2.05, 4.69) is 5.10 Å². The van der Waals surface area contributed by atoms with E-state index in [-0.39, 0.29) is 23.9 Å². The molecular formula is C17H19ClF2N4O2S. The quantitative estimate of drug-likeness (QED) is 0.376. The van der Waals surface area contributed by atoms with Crippen LogP contribution in [-0.2, 0) is 4.79 Å². The third-order valence-corrected chi connectivity index (χ3v) is 5.72. The van der Waals surface area contributed by atoms with Gasteiger partial charge in [0.2, 0.25) is 12.1 Å². The highest BCUT2D eigenvalue weighted by Crippen LogP contribution is 2.50. The highest BCUT2D eigenvalue weighted by Gasteiger charge is 2.56. The van der Waals surface area contributed by atoms with Crippen LogP contribution >= 0.6 is 23.4 Å². The van der Waals surface area contributed by atoms with Crippen molar-refractivity contribution in [1.29, 1.82) is 0 Å². The minimum atomic E-state index is -2.52. The molecule has 10 heteroatoms. The molecule has 27 heavy (non-hydrogen) atoms. The van der Waals surface area contributed by atoms with Crippen molar-refractivity contribution in [2.24, 2.45) is 5.92 Å². The summed E-state index contributed by atoms with van der Waals surface area (Å²) in [6, 6.07) is 3.28. The maximum atomic E-state index is 12.9. The highest BCUT2D eigenvalue weighted by molar-refractivity contribution is 7.99. The molecule has 0 saturated heterocycles. The maximum Gasteiger partial charge on any atom is 0.252 e. The lowest BCUT2D eigenvalue weighted by Crippen LogP contribution is -2.30. The normalized spacial score (nSPS) is 17.7. The van der Waals surface area contributed by atoms with E-state index in [0.29, 0.717) is 34.2 Å². The Morgan fingerprint density at radius 3 is 2.96 bits per heavy atom. The number of pyridine rings is 1. The standard InChI is InChI=1S/C17H19ClF2N4O2S/c1-2-23(15(25)5-7-27-11-12-8-17(12,19)20)14-10-24(21-16(14)18)13-4-3-6-22(26)9-13/h3-4,6,9-10,12H,2,5,7-8,11H2,1H3. The van der Waals surface area contributed by atoms with E-state index in [9.17, 15) is 18.8 Å². The molecule has 1 aliphatic carbocycles. The van der Waals surface area contributed by atoms with Gasteiger partial charge in [0.25, 0.3) is 5.92 Å². The molecule has 0 aromatic carbocycles. The zero-order valence-corrected chi connectivity index (χ0v) is 16.2. The first-order valence-electron chi connectivity index (χ1n) is 8.52. The Morgan fingerprint density at radius 1 is 1.59 bits per heavy atom. The molecule has 1 aliphatic rings. The molecule has 0 aliphatic heterocycles. The molecule has 146 valence electrons. The van der Waals surface area contributed by atoms with Crippen molar-refractivity contribution in [1.82, 2.24) is 9.78 Å². The fourth-order valence-electron chi connectivity index (χ4n) is 2.69. The highest BCUT2D eigenvalue weighted by atomic mass is 35.5. The van der Waals surface area contributed by atoms with E-state index in [1.807, 2.05) is 6.92 Å². The zero-order chi connectivity index (χ0) is 19.6. The molecule has 6 nitrogen and oxygen atoms in total. The van der Waals surface area contributed by atoms with Crippen LogP contribution in [0.5, 0.6) is 0 Å². The van der Waals surface area contributed by atoms with Crippen molar-refractivity contribution >= 4 is 35.0 Å². The first kappa shape index (κ1) is 19.9. The number of thioether (sulfide) groups is 1. The predicted octanol–water partition coefficient (Wildman–Crippen LogP) is 3.29. The van der Waals surface area contributed by atoms with Gasteiger partial charge in [-0.1, -0.05) is 11.6 Å². The van der Waals surface area contributed by atoms with Gasteiger partial charge in [-0.3, -0.25) is 4.79 Å². The molecule has 0 N–H and O–H groups in total. The third-order valence-electron chi connectivity index (χ3n) is 4.32. The second-order valence-corrected chi connectivity index (χ2v) is 7.80. The third kappa shape index (κ3) is 4.70. The number of carbonyl (C=O) groups is 1. The summed E-state index contributed by atoms with van der Waals surface area (Å²) in [6.45, 7) is 2.21. The Hall–Kier alpha value is -1.87. The molecule has 1 fully saturated rings. The second kappa shape index (κ2) is 8.02. The number of aromatic nitrogens is 3. The molecule has 1 atom stereocenters. The van der Waals surface area contributed by atoms with Gasteiger partial charge in [-0.05, 0) is 13.0 Å². The van der Waals surface area contributed by atoms with Crippen LogP contribution in [0, 0.1) is 11.1 Å². The van der Waals surface area contributed by atoms with E-state index < -0.39 is 11.8 Å². The molecular weight excluding hydrogens is 398 g/mol. The number of rotatable bonds is 8. The molecule has 2 aromatic rings. The molecule has 1 saturated carbocycles. The average Bonchev–Trinajstić information content (AvgIpc) is 3.04. The van der Waals surface area contributed by atoms with Crippen LogP contribution in [0.1, 0.15) is 19.8 Å². The summed E-state index contributed by atoms with van der Waals surface area (Å²) >= 11 is 7.56. The molecule has 1 amide bonds. The molecule has 2 heterocycles. The number of carbonyl (C=O) groups excluding carboxylic acids is 1. The van der Waals surface area contributed by atoms with Gasteiger partial charge in [-0.15, -0.1) is 0 Å². The van der Waals surface area contributed by atoms with Crippen LogP contribution in [0.2, 0.25) is 5.15 Å². The SMILES string of the molecule is CCN(C(=O)CCSCC1CC1(F)F)c1cn(-c2ccc[n+]([O-])c2)nc1Cl. The average molecular weight is 417 g/mol. The Kier molecular flexibility index (Phi) is 5.90. The first-order valence-corrected chi connectivity index (χ1v) is 10.1. The van der Waals surface area contributed by atoms with E-state index in [1.54, 1.807) is 18.3 Å². The molecule has 0 bridgehead atoms. The number of anilines is 1. The summed E-state index contributed by atoms with van der Waals surface area (Å²) in [5.74, 6) is -2.38. The predicted molar refractivity (Wildman–Crippen MR) is 101 cm³/mol. The fraction of sp³-hybridized carbons (Fsp3) is 0.471. The number of halogens is 3. The fourth-order valence-corrected chi connectivity index (χ4v) is 4.05. The van der Waals surface area contributed by atoms with Gasteiger partial charge < -0.3 is 10.1 Å². The molecule has 3 rings (SSSR count). The molecule has 1 unspecified atom stereocenters. The Labute approximate surface area is 164 Å². The van der Waals surface area contributed by atoms with Crippen LogP contribution < -0.4 is 9.63 Å². The molecule has 2 aromatic heterocycles. The summed E-state index contributed by atoms with van der Waals surface area (Å²) < 4.78 is 27.8. The van der Waals surface area contributed by atoms with Crippen LogP contribution in [-0.4, -0.2) is 39.7 Å². The lowest BCUT2D eigenvalue weighted by Gasteiger charge is -2.19. The summed E-state index contributed by atoms with van der Waals surface area (Å²) in [6.07, 6.45) is 4.47. The van der Waals surface area contributed by atoms with Crippen LogP contribution in [0.3, 0.4) is 0 Å². The number of hydrogen-bond donors (Lipinski definition) is 0. The lowest BCUT2D eigenvalue weighted by molar-refractivity contribution is -0.605. The van der Waals surface area contributed by atoms with Gasteiger partial charge in [-0.2, -0.15) is 21.6 Å². The summed E-state index contributed by atoms with van der Waals surface area (Å²) in [7, 11) is 0. The largest absolute Gasteiger partial charge is 0.619 e. The van der Waals surface area contributed by atoms with E-state index in [1.165, 1.54) is 33.7 Å². The van der Waals surface area contributed by atoms with Crippen molar-refractivity contribution in [2.45, 2.75) is 25.7 Å². The van der Waals surface area contributed by atoms with Crippen molar-refractivity contribution in [2.75, 3.05) is 23.0 Å². The monoisotopic (exact) mass is 416 g/mol. The Morgan fingerprint density at radius 2 is 2.33 bits per heavy atom. The van der Waals surface area contributed by atoms with Crippen LogP contribution in [0.4, 0.5) is 14.5 Å². The second-order valence-electron chi connectivity index (χ2n) is 6.30. The number of nitrogens with zero attached hydrogens (tertiary/aromatic N) is 4.